The molecule has 0 spiro atoms. The number of nitrogens with one attached hydrogen (secondary N) is 1. The highest BCUT2D eigenvalue weighted by Crippen LogP contribution is 2.22. The van der Waals surface area contributed by atoms with Crippen LogP contribution in [0.5, 0.6) is 0 Å². The summed E-state index contributed by atoms with van der Waals surface area (Å²) in [7, 11) is 0. The average Bonchev–Trinajstić information content (AvgIpc) is 3.04. The molecule has 0 aliphatic rings. The van der Waals surface area contributed by atoms with Crippen molar-refractivity contribution < 1.29 is 9.32 Å². The van der Waals surface area contributed by atoms with Gasteiger partial charge in [0.25, 0.3) is 5.91 Å². The molecule has 1 unspecified atom stereocenters. The molecule has 2 rings (SSSR count). The molecule has 0 fully saturated rings. The smallest absolute Gasteiger partial charge is 0.289 e. The minimum Gasteiger partial charge on any atom is -0.351 e. The van der Waals surface area contributed by atoms with Crippen LogP contribution in [0.15, 0.2) is 40.9 Å². The quantitative estimate of drug-likeness (QED) is 0.811. The van der Waals surface area contributed by atoms with Crippen LogP contribution in [0.2, 0.25) is 0 Å². The Morgan fingerprint density at radius 1 is 1.26 bits per heavy atom. The zero-order valence-electron chi connectivity index (χ0n) is 13.5. The molecule has 3 N–H and O–H groups in total. The van der Waals surface area contributed by atoms with Crippen molar-refractivity contribution in [1.82, 2.24) is 10.5 Å². The highest BCUT2D eigenvalue weighted by Gasteiger charge is 2.18. The van der Waals surface area contributed by atoms with E-state index in [1.54, 1.807) is 6.07 Å². The fourth-order valence-corrected chi connectivity index (χ4v) is 2.40. The summed E-state index contributed by atoms with van der Waals surface area (Å²) in [6.07, 6.45) is 1.95. The maximum Gasteiger partial charge on any atom is 0.289 e. The van der Waals surface area contributed by atoms with Gasteiger partial charge in [0.15, 0.2) is 0 Å². The van der Waals surface area contributed by atoms with Gasteiger partial charge in [-0.15, -0.1) is 12.4 Å². The Balaban J connectivity index is 0.00000264. The standard InChI is InChI=1S/C17H23N3O2.ClH/c1-3-12(4-2)15-10-16(22-20-15)17(21)19-11-14(18)13-8-6-5-7-9-13;/h5-10,12,14H,3-4,11,18H2,1-2H3,(H,19,21);1H. The number of rotatable bonds is 7. The summed E-state index contributed by atoms with van der Waals surface area (Å²) in [5, 5.41) is 6.79. The summed E-state index contributed by atoms with van der Waals surface area (Å²) < 4.78 is 5.15. The van der Waals surface area contributed by atoms with Gasteiger partial charge < -0.3 is 15.6 Å². The topological polar surface area (TPSA) is 81.2 Å². The molecule has 6 heteroatoms. The van der Waals surface area contributed by atoms with Gasteiger partial charge in [0.1, 0.15) is 0 Å². The third kappa shape index (κ3) is 5.08. The highest BCUT2D eigenvalue weighted by molar-refractivity contribution is 5.91. The van der Waals surface area contributed by atoms with Gasteiger partial charge in [0, 0.05) is 24.6 Å². The van der Waals surface area contributed by atoms with Gasteiger partial charge in [0.2, 0.25) is 5.76 Å². The Hall–Kier alpha value is -1.85. The van der Waals surface area contributed by atoms with Crippen molar-refractivity contribution in [3.63, 3.8) is 0 Å². The Labute approximate surface area is 143 Å². The summed E-state index contributed by atoms with van der Waals surface area (Å²) >= 11 is 0. The van der Waals surface area contributed by atoms with Crippen LogP contribution in [0.3, 0.4) is 0 Å². The van der Waals surface area contributed by atoms with Crippen LogP contribution < -0.4 is 11.1 Å². The van der Waals surface area contributed by atoms with Gasteiger partial charge in [0.05, 0.1) is 5.69 Å². The predicted octanol–water partition coefficient (Wildman–Crippen LogP) is 3.43. The Morgan fingerprint density at radius 3 is 2.52 bits per heavy atom. The monoisotopic (exact) mass is 337 g/mol. The molecule has 1 heterocycles. The molecule has 0 radical (unpaired) electrons. The molecule has 1 aromatic carbocycles. The molecule has 5 nitrogen and oxygen atoms in total. The van der Waals surface area contributed by atoms with Crippen LogP contribution in [0.4, 0.5) is 0 Å². The van der Waals surface area contributed by atoms with Crippen molar-refractivity contribution >= 4 is 18.3 Å². The van der Waals surface area contributed by atoms with E-state index >= 15 is 0 Å². The SMILES string of the molecule is CCC(CC)c1cc(C(=O)NCC(N)c2ccccc2)on1.Cl. The van der Waals surface area contributed by atoms with Gasteiger partial charge >= 0.3 is 0 Å². The number of benzene rings is 1. The summed E-state index contributed by atoms with van der Waals surface area (Å²) in [5.74, 6) is 0.287. The zero-order chi connectivity index (χ0) is 15.9. The third-order valence-corrected chi connectivity index (χ3v) is 3.87. The number of hydrogen-bond donors (Lipinski definition) is 2. The zero-order valence-corrected chi connectivity index (χ0v) is 14.3. The fourth-order valence-electron chi connectivity index (χ4n) is 2.40. The summed E-state index contributed by atoms with van der Waals surface area (Å²) in [6.45, 7) is 4.55. The van der Waals surface area contributed by atoms with Crippen LogP contribution in [-0.4, -0.2) is 17.6 Å². The van der Waals surface area contributed by atoms with Crippen LogP contribution in [0.25, 0.3) is 0 Å². The van der Waals surface area contributed by atoms with Crippen molar-refractivity contribution in [2.24, 2.45) is 5.73 Å². The minimum absolute atomic E-state index is 0. The molecule has 0 saturated heterocycles. The minimum atomic E-state index is -0.281. The fraction of sp³-hybridized carbons (Fsp3) is 0.412. The second-order valence-corrected chi connectivity index (χ2v) is 5.36. The number of aromatic nitrogens is 1. The summed E-state index contributed by atoms with van der Waals surface area (Å²) in [5.41, 5.74) is 7.88. The van der Waals surface area contributed by atoms with Gasteiger partial charge in [-0.2, -0.15) is 0 Å². The molecule has 1 aromatic heterocycles. The first-order valence-electron chi connectivity index (χ1n) is 7.71. The third-order valence-electron chi connectivity index (χ3n) is 3.87. The van der Waals surface area contributed by atoms with Crippen LogP contribution in [0, 0.1) is 0 Å². The molecule has 0 aliphatic heterocycles. The lowest BCUT2D eigenvalue weighted by atomic mass is 9.99. The molecule has 1 atom stereocenters. The lowest BCUT2D eigenvalue weighted by Crippen LogP contribution is -2.31. The van der Waals surface area contributed by atoms with E-state index in [1.165, 1.54) is 0 Å². The second kappa shape index (κ2) is 9.33. The van der Waals surface area contributed by atoms with E-state index in [2.05, 4.69) is 24.3 Å². The number of carbonyl (C=O) groups excluding carboxylic acids is 1. The van der Waals surface area contributed by atoms with Gasteiger partial charge in [-0.1, -0.05) is 49.3 Å². The van der Waals surface area contributed by atoms with E-state index in [0.717, 1.165) is 24.1 Å². The Morgan fingerprint density at radius 2 is 1.91 bits per heavy atom. The maximum atomic E-state index is 12.1. The van der Waals surface area contributed by atoms with Crippen molar-refractivity contribution in [2.75, 3.05) is 6.54 Å². The summed E-state index contributed by atoms with van der Waals surface area (Å²) in [6, 6.07) is 11.1. The first kappa shape index (κ1) is 19.2. The van der Waals surface area contributed by atoms with Crippen molar-refractivity contribution in [3.05, 3.63) is 53.4 Å². The molecule has 126 valence electrons. The molecular weight excluding hydrogens is 314 g/mol. The highest BCUT2D eigenvalue weighted by atomic mass is 35.5. The number of halogens is 1. The van der Waals surface area contributed by atoms with Crippen molar-refractivity contribution in [1.29, 1.82) is 0 Å². The van der Waals surface area contributed by atoms with Crippen LogP contribution in [-0.2, 0) is 0 Å². The predicted molar refractivity (Wildman–Crippen MR) is 92.8 cm³/mol. The van der Waals surface area contributed by atoms with Gasteiger partial charge in [-0.05, 0) is 18.4 Å². The van der Waals surface area contributed by atoms with Crippen LogP contribution in [0.1, 0.15) is 60.5 Å². The molecule has 23 heavy (non-hydrogen) atoms. The molecule has 1 amide bonds. The molecule has 2 aromatic rings. The number of hydrogen-bond acceptors (Lipinski definition) is 4. The summed E-state index contributed by atoms with van der Waals surface area (Å²) in [4.78, 5) is 12.1. The lowest BCUT2D eigenvalue weighted by Gasteiger charge is -2.12. The molecular formula is C17H24ClN3O2. The maximum absolute atomic E-state index is 12.1. The normalized spacial score (nSPS) is 11.8. The first-order chi connectivity index (χ1) is 10.7. The number of carbonyl (C=O) groups is 1. The van der Waals surface area contributed by atoms with E-state index in [4.69, 9.17) is 10.3 Å². The molecule has 0 saturated carbocycles. The Kier molecular flexibility index (Phi) is 7.78. The van der Waals surface area contributed by atoms with E-state index < -0.39 is 0 Å². The Bertz CT molecular complexity index is 597. The van der Waals surface area contributed by atoms with Crippen molar-refractivity contribution in [2.45, 2.75) is 38.6 Å². The largest absolute Gasteiger partial charge is 0.351 e. The van der Waals surface area contributed by atoms with Crippen LogP contribution >= 0.6 is 12.4 Å². The number of amides is 1. The van der Waals surface area contributed by atoms with Gasteiger partial charge in [-0.25, -0.2) is 0 Å². The van der Waals surface area contributed by atoms with E-state index in [1.807, 2.05) is 30.3 Å². The first-order valence-corrected chi connectivity index (χ1v) is 7.71. The molecule has 0 aliphatic carbocycles. The van der Waals surface area contributed by atoms with Gasteiger partial charge in [-0.3, -0.25) is 4.79 Å². The van der Waals surface area contributed by atoms with E-state index in [-0.39, 0.29) is 30.1 Å². The second-order valence-electron chi connectivity index (χ2n) is 5.36. The average molecular weight is 338 g/mol. The molecule has 0 bridgehead atoms. The lowest BCUT2D eigenvalue weighted by molar-refractivity contribution is 0.0914. The number of nitrogens with two attached hydrogens (primary N) is 1. The van der Waals surface area contributed by atoms with E-state index in [0.29, 0.717) is 12.5 Å². The number of nitrogens with zero attached hydrogens (tertiary/aromatic N) is 1. The van der Waals surface area contributed by atoms with E-state index in [9.17, 15) is 4.79 Å². The van der Waals surface area contributed by atoms with Crippen molar-refractivity contribution in [3.8, 4) is 0 Å².